The second kappa shape index (κ2) is 8.39. The van der Waals surface area contributed by atoms with Gasteiger partial charge in [-0.15, -0.1) is 12.4 Å². The average molecular weight is 331 g/mol. The topological polar surface area (TPSA) is 21.3 Å². The SMILES string of the molecule is CC(C)(S)CNCCOc1ccc(Cl)c(Cl)c1.Cl. The highest BCUT2D eigenvalue weighted by Gasteiger charge is 2.09. The lowest BCUT2D eigenvalue weighted by Crippen LogP contribution is -2.32. The summed E-state index contributed by atoms with van der Waals surface area (Å²) in [5.41, 5.74) is 0. The quantitative estimate of drug-likeness (QED) is 0.605. The smallest absolute Gasteiger partial charge is 0.120 e. The zero-order valence-electron chi connectivity index (χ0n) is 10.4. The third-order valence-corrected chi connectivity index (χ3v) is 2.89. The Kier molecular flexibility index (Phi) is 8.48. The second-order valence-electron chi connectivity index (χ2n) is 4.41. The van der Waals surface area contributed by atoms with Gasteiger partial charge in [0, 0.05) is 23.9 Å². The van der Waals surface area contributed by atoms with Crippen molar-refractivity contribution < 1.29 is 4.74 Å². The number of hydrogen-bond donors (Lipinski definition) is 2. The van der Waals surface area contributed by atoms with Gasteiger partial charge in [-0.2, -0.15) is 12.6 Å². The van der Waals surface area contributed by atoms with Gasteiger partial charge < -0.3 is 10.1 Å². The van der Waals surface area contributed by atoms with Gasteiger partial charge in [0.25, 0.3) is 0 Å². The van der Waals surface area contributed by atoms with Gasteiger partial charge in [-0.1, -0.05) is 23.2 Å². The van der Waals surface area contributed by atoms with Crippen molar-refractivity contribution in [2.45, 2.75) is 18.6 Å². The van der Waals surface area contributed by atoms with Gasteiger partial charge in [-0.05, 0) is 26.0 Å². The van der Waals surface area contributed by atoms with Gasteiger partial charge in [-0.25, -0.2) is 0 Å². The van der Waals surface area contributed by atoms with Crippen molar-refractivity contribution in [2.75, 3.05) is 19.7 Å². The first kappa shape index (κ1) is 18.2. The molecule has 1 aromatic carbocycles. The lowest BCUT2D eigenvalue weighted by molar-refractivity contribution is 0.312. The van der Waals surface area contributed by atoms with E-state index in [9.17, 15) is 0 Å². The second-order valence-corrected chi connectivity index (χ2v) is 6.44. The van der Waals surface area contributed by atoms with Crippen LogP contribution in [-0.2, 0) is 0 Å². The zero-order valence-corrected chi connectivity index (χ0v) is 13.6. The highest BCUT2D eigenvalue weighted by atomic mass is 35.5. The van der Waals surface area contributed by atoms with Crippen molar-refractivity contribution in [3.8, 4) is 5.75 Å². The molecule has 104 valence electrons. The standard InChI is InChI=1S/C12H17Cl2NOS.ClH/c1-12(2,17)8-15-5-6-16-9-3-4-10(13)11(14)7-9;/h3-4,7,15,17H,5-6,8H2,1-2H3;1H. The molecular weight excluding hydrogens is 313 g/mol. The van der Waals surface area contributed by atoms with Crippen LogP contribution in [0, 0.1) is 0 Å². The molecule has 18 heavy (non-hydrogen) atoms. The fraction of sp³-hybridized carbons (Fsp3) is 0.500. The Balaban J connectivity index is 0.00000289. The Morgan fingerprint density at radius 2 is 1.94 bits per heavy atom. The van der Waals surface area contributed by atoms with Gasteiger partial charge in [0.2, 0.25) is 0 Å². The molecule has 0 fully saturated rings. The minimum Gasteiger partial charge on any atom is -0.492 e. The molecule has 0 atom stereocenters. The Morgan fingerprint density at radius 3 is 2.50 bits per heavy atom. The number of ether oxygens (including phenoxy) is 1. The number of benzene rings is 1. The highest BCUT2D eigenvalue weighted by molar-refractivity contribution is 7.81. The maximum atomic E-state index is 5.88. The molecule has 0 radical (unpaired) electrons. The minimum absolute atomic E-state index is 0. The van der Waals surface area contributed by atoms with Gasteiger partial charge >= 0.3 is 0 Å². The van der Waals surface area contributed by atoms with Crippen LogP contribution in [0.15, 0.2) is 18.2 Å². The molecule has 1 N–H and O–H groups in total. The molecule has 0 amide bonds. The first-order valence-electron chi connectivity index (χ1n) is 5.39. The molecule has 0 aliphatic carbocycles. The summed E-state index contributed by atoms with van der Waals surface area (Å²) in [7, 11) is 0. The summed E-state index contributed by atoms with van der Waals surface area (Å²) in [6.07, 6.45) is 0. The molecule has 6 heteroatoms. The predicted octanol–water partition coefficient (Wildman–Crippen LogP) is 4.09. The zero-order chi connectivity index (χ0) is 12.9. The van der Waals surface area contributed by atoms with Gasteiger partial charge in [0.15, 0.2) is 0 Å². The third-order valence-electron chi connectivity index (χ3n) is 2.00. The van der Waals surface area contributed by atoms with Crippen LogP contribution in [0.3, 0.4) is 0 Å². The first-order chi connectivity index (χ1) is 7.88. The molecule has 0 saturated heterocycles. The van der Waals surface area contributed by atoms with Crippen molar-refractivity contribution in [3.63, 3.8) is 0 Å². The first-order valence-corrected chi connectivity index (χ1v) is 6.60. The molecule has 0 bridgehead atoms. The van der Waals surface area contributed by atoms with Crippen LogP contribution in [0.25, 0.3) is 0 Å². The Hall–Kier alpha value is 0.200. The van der Waals surface area contributed by atoms with Crippen molar-refractivity contribution in [1.29, 1.82) is 0 Å². The number of hydrogen-bond acceptors (Lipinski definition) is 3. The van der Waals surface area contributed by atoms with E-state index in [4.69, 9.17) is 27.9 Å². The summed E-state index contributed by atoms with van der Waals surface area (Å²) < 4.78 is 5.52. The van der Waals surface area contributed by atoms with Crippen LogP contribution in [0.4, 0.5) is 0 Å². The summed E-state index contributed by atoms with van der Waals surface area (Å²) in [5, 5.41) is 4.31. The molecule has 1 rings (SSSR count). The summed E-state index contributed by atoms with van der Waals surface area (Å²) in [6, 6.07) is 5.24. The van der Waals surface area contributed by atoms with Gasteiger partial charge in [0.05, 0.1) is 10.0 Å². The van der Waals surface area contributed by atoms with E-state index in [1.807, 2.05) is 0 Å². The molecule has 0 aliphatic rings. The van der Waals surface area contributed by atoms with E-state index < -0.39 is 0 Å². The van der Waals surface area contributed by atoms with Crippen LogP contribution in [0.5, 0.6) is 5.75 Å². The summed E-state index contributed by atoms with van der Waals surface area (Å²) in [4.78, 5) is 0. The van der Waals surface area contributed by atoms with Crippen molar-refractivity contribution in [1.82, 2.24) is 5.32 Å². The lowest BCUT2D eigenvalue weighted by atomic mass is 10.2. The molecule has 0 heterocycles. The molecule has 0 aliphatic heterocycles. The predicted molar refractivity (Wildman–Crippen MR) is 85.1 cm³/mol. The molecule has 1 aromatic rings. The van der Waals surface area contributed by atoms with Gasteiger partial charge in [-0.3, -0.25) is 0 Å². The maximum absolute atomic E-state index is 5.88. The molecule has 0 unspecified atom stereocenters. The minimum atomic E-state index is -0.0103. The van der Waals surface area contributed by atoms with Crippen LogP contribution < -0.4 is 10.1 Å². The Labute approximate surface area is 130 Å². The van der Waals surface area contributed by atoms with Crippen LogP contribution in [0.2, 0.25) is 10.0 Å². The van der Waals surface area contributed by atoms with Crippen LogP contribution in [-0.4, -0.2) is 24.4 Å². The summed E-state index contributed by atoms with van der Waals surface area (Å²) in [6.45, 7) is 6.30. The van der Waals surface area contributed by atoms with Crippen molar-refractivity contribution in [3.05, 3.63) is 28.2 Å². The van der Waals surface area contributed by atoms with E-state index in [1.165, 1.54) is 0 Å². The average Bonchev–Trinajstić information content (AvgIpc) is 2.21. The number of nitrogens with one attached hydrogen (secondary N) is 1. The van der Waals surface area contributed by atoms with Crippen molar-refractivity contribution >= 4 is 48.2 Å². The number of thiol groups is 1. The van der Waals surface area contributed by atoms with E-state index in [1.54, 1.807) is 18.2 Å². The van der Waals surface area contributed by atoms with Crippen molar-refractivity contribution in [2.24, 2.45) is 0 Å². The Morgan fingerprint density at radius 1 is 1.28 bits per heavy atom. The molecule has 2 nitrogen and oxygen atoms in total. The fourth-order valence-electron chi connectivity index (χ4n) is 1.20. The lowest BCUT2D eigenvalue weighted by Gasteiger charge is -2.17. The molecule has 0 aromatic heterocycles. The largest absolute Gasteiger partial charge is 0.492 e. The summed E-state index contributed by atoms with van der Waals surface area (Å²) in [5.74, 6) is 0.728. The Bertz CT molecular complexity index is 369. The van der Waals surface area contributed by atoms with E-state index in [2.05, 4.69) is 31.8 Å². The van der Waals surface area contributed by atoms with E-state index >= 15 is 0 Å². The summed E-state index contributed by atoms with van der Waals surface area (Å²) >= 11 is 16.1. The third kappa shape index (κ3) is 7.59. The molecule has 0 spiro atoms. The van der Waals surface area contributed by atoms with Crippen LogP contribution >= 0.6 is 48.2 Å². The normalized spacial score (nSPS) is 10.9. The number of halogens is 3. The van der Waals surface area contributed by atoms with E-state index in [0.29, 0.717) is 16.7 Å². The molecule has 0 saturated carbocycles. The van der Waals surface area contributed by atoms with Gasteiger partial charge in [0.1, 0.15) is 12.4 Å². The van der Waals surface area contributed by atoms with Crippen LogP contribution in [0.1, 0.15) is 13.8 Å². The fourth-order valence-corrected chi connectivity index (χ4v) is 1.60. The molecular formula is C12H18Cl3NOS. The van der Waals surface area contributed by atoms with E-state index in [0.717, 1.165) is 18.8 Å². The highest BCUT2D eigenvalue weighted by Crippen LogP contribution is 2.26. The van der Waals surface area contributed by atoms with E-state index in [-0.39, 0.29) is 17.2 Å². The maximum Gasteiger partial charge on any atom is 0.120 e. The number of rotatable bonds is 6. The monoisotopic (exact) mass is 329 g/mol.